The van der Waals surface area contributed by atoms with E-state index in [1.807, 2.05) is 92.7 Å². The Morgan fingerprint density at radius 1 is 0.838 bits per heavy atom. The summed E-state index contributed by atoms with van der Waals surface area (Å²) in [5, 5.41) is 3.07. The molecule has 2 amide bonds. The summed E-state index contributed by atoms with van der Waals surface area (Å²) in [6, 6.07) is 25.4. The van der Waals surface area contributed by atoms with Gasteiger partial charge in [-0.05, 0) is 49.9 Å². The van der Waals surface area contributed by atoms with E-state index in [0.29, 0.717) is 39.0 Å². The Labute approximate surface area is 221 Å². The van der Waals surface area contributed by atoms with E-state index in [0.717, 1.165) is 35.3 Å². The second-order valence-electron chi connectivity index (χ2n) is 9.62. The topological polar surface area (TPSA) is 58.6 Å². The summed E-state index contributed by atoms with van der Waals surface area (Å²) in [5.74, 6) is 0.653. The van der Waals surface area contributed by atoms with Crippen LogP contribution < -0.4 is 10.1 Å². The number of nitrogens with one attached hydrogen (secondary N) is 1. The predicted octanol–water partition coefficient (Wildman–Crippen LogP) is 6.02. The SMILES string of the molecule is CCCCNC(=O)[C@H](Cc1ccccc1)N(Cc1ccc(C)cc1)C(=O)CCCOc1ccc(C)cc1. The van der Waals surface area contributed by atoms with Gasteiger partial charge in [0, 0.05) is 25.9 Å². The van der Waals surface area contributed by atoms with Crippen molar-refractivity contribution < 1.29 is 14.3 Å². The van der Waals surface area contributed by atoms with Gasteiger partial charge in [0.15, 0.2) is 0 Å². The van der Waals surface area contributed by atoms with Crippen molar-refractivity contribution in [2.45, 2.75) is 65.5 Å². The number of ether oxygens (including phenoxy) is 1. The van der Waals surface area contributed by atoms with Crippen LogP contribution in [0.1, 0.15) is 54.9 Å². The van der Waals surface area contributed by atoms with E-state index in [9.17, 15) is 9.59 Å². The maximum Gasteiger partial charge on any atom is 0.243 e. The Balaban J connectivity index is 1.76. The molecule has 0 heterocycles. The van der Waals surface area contributed by atoms with Gasteiger partial charge in [-0.25, -0.2) is 0 Å². The molecule has 0 spiro atoms. The molecule has 5 heteroatoms. The molecule has 1 atom stereocenters. The van der Waals surface area contributed by atoms with Crippen LogP contribution in [0.25, 0.3) is 0 Å². The van der Waals surface area contributed by atoms with Gasteiger partial charge in [0.05, 0.1) is 6.61 Å². The lowest BCUT2D eigenvalue weighted by Gasteiger charge is -2.31. The van der Waals surface area contributed by atoms with Crippen molar-refractivity contribution in [1.29, 1.82) is 0 Å². The number of rotatable bonds is 14. The monoisotopic (exact) mass is 500 g/mol. The Morgan fingerprint density at radius 2 is 1.49 bits per heavy atom. The number of unbranched alkanes of at least 4 members (excludes halogenated alkanes) is 1. The first kappa shape index (κ1) is 28.0. The zero-order chi connectivity index (χ0) is 26.5. The highest BCUT2D eigenvalue weighted by Gasteiger charge is 2.30. The van der Waals surface area contributed by atoms with Crippen LogP contribution in [0.3, 0.4) is 0 Å². The number of aryl methyl sites for hydroxylation is 2. The second kappa shape index (κ2) is 14.8. The van der Waals surface area contributed by atoms with Crippen LogP contribution in [0, 0.1) is 13.8 Å². The van der Waals surface area contributed by atoms with Gasteiger partial charge in [-0.2, -0.15) is 0 Å². The molecule has 0 unspecified atom stereocenters. The molecule has 196 valence electrons. The summed E-state index contributed by atoms with van der Waals surface area (Å²) in [6.07, 6.45) is 3.26. The third kappa shape index (κ3) is 9.41. The Morgan fingerprint density at radius 3 is 2.14 bits per heavy atom. The van der Waals surface area contributed by atoms with Gasteiger partial charge in [-0.3, -0.25) is 9.59 Å². The van der Waals surface area contributed by atoms with Gasteiger partial charge in [0.2, 0.25) is 11.8 Å². The van der Waals surface area contributed by atoms with E-state index in [1.54, 1.807) is 4.90 Å². The van der Waals surface area contributed by atoms with Crippen molar-refractivity contribution in [2.24, 2.45) is 0 Å². The average Bonchev–Trinajstić information content (AvgIpc) is 2.91. The van der Waals surface area contributed by atoms with Crippen LogP contribution in [-0.4, -0.2) is 35.9 Å². The lowest BCUT2D eigenvalue weighted by atomic mass is 10.0. The first-order valence-corrected chi connectivity index (χ1v) is 13.3. The van der Waals surface area contributed by atoms with Crippen LogP contribution in [0.15, 0.2) is 78.9 Å². The molecular formula is C32H40N2O3. The molecular weight excluding hydrogens is 460 g/mol. The van der Waals surface area contributed by atoms with E-state index >= 15 is 0 Å². The van der Waals surface area contributed by atoms with E-state index in [2.05, 4.69) is 12.2 Å². The molecule has 37 heavy (non-hydrogen) atoms. The van der Waals surface area contributed by atoms with E-state index in [4.69, 9.17) is 4.74 Å². The minimum absolute atomic E-state index is 0.0420. The fourth-order valence-electron chi connectivity index (χ4n) is 4.14. The molecule has 0 aliphatic rings. The van der Waals surface area contributed by atoms with Gasteiger partial charge in [0.25, 0.3) is 0 Å². The Hall–Kier alpha value is -3.60. The van der Waals surface area contributed by atoms with Crippen LogP contribution in [-0.2, 0) is 22.6 Å². The molecule has 0 bridgehead atoms. The Kier molecular flexibility index (Phi) is 11.2. The van der Waals surface area contributed by atoms with Crippen molar-refractivity contribution in [3.8, 4) is 5.75 Å². The third-order valence-electron chi connectivity index (χ3n) is 6.40. The number of carbonyl (C=O) groups excluding carboxylic acids is 2. The van der Waals surface area contributed by atoms with Crippen LogP contribution in [0.4, 0.5) is 0 Å². The lowest BCUT2D eigenvalue weighted by Crippen LogP contribution is -2.50. The average molecular weight is 501 g/mol. The van der Waals surface area contributed by atoms with E-state index in [-0.39, 0.29) is 11.8 Å². The minimum Gasteiger partial charge on any atom is -0.494 e. The van der Waals surface area contributed by atoms with Gasteiger partial charge < -0.3 is 15.0 Å². The number of hydrogen-bond acceptors (Lipinski definition) is 3. The molecule has 5 nitrogen and oxygen atoms in total. The maximum absolute atomic E-state index is 13.6. The number of benzene rings is 3. The molecule has 1 N–H and O–H groups in total. The summed E-state index contributed by atoms with van der Waals surface area (Å²) in [5.41, 5.74) is 4.38. The van der Waals surface area contributed by atoms with Gasteiger partial charge >= 0.3 is 0 Å². The number of carbonyl (C=O) groups is 2. The number of amides is 2. The smallest absolute Gasteiger partial charge is 0.243 e. The summed E-state index contributed by atoms with van der Waals surface area (Å²) in [7, 11) is 0. The van der Waals surface area contributed by atoms with Crippen molar-refractivity contribution in [3.05, 3.63) is 101 Å². The summed E-state index contributed by atoms with van der Waals surface area (Å²) >= 11 is 0. The largest absolute Gasteiger partial charge is 0.494 e. The van der Waals surface area contributed by atoms with Gasteiger partial charge in [-0.1, -0.05) is 91.2 Å². The highest BCUT2D eigenvalue weighted by molar-refractivity contribution is 5.88. The summed E-state index contributed by atoms with van der Waals surface area (Å²) in [6.45, 7) is 7.61. The minimum atomic E-state index is -0.592. The zero-order valence-electron chi connectivity index (χ0n) is 22.4. The van der Waals surface area contributed by atoms with E-state index < -0.39 is 6.04 Å². The molecule has 0 saturated heterocycles. The first-order chi connectivity index (χ1) is 18.0. The quantitative estimate of drug-likeness (QED) is 0.275. The summed E-state index contributed by atoms with van der Waals surface area (Å²) in [4.78, 5) is 28.8. The predicted molar refractivity (Wildman–Crippen MR) is 149 cm³/mol. The van der Waals surface area contributed by atoms with Crippen LogP contribution in [0.5, 0.6) is 5.75 Å². The van der Waals surface area contributed by atoms with Crippen LogP contribution in [0.2, 0.25) is 0 Å². The molecule has 0 saturated carbocycles. The van der Waals surface area contributed by atoms with Crippen molar-refractivity contribution in [2.75, 3.05) is 13.2 Å². The Bertz CT molecular complexity index is 1100. The fraction of sp³-hybridized carbons (Fsp3) is 0.375. The summed E-state index contributed by atoms with van der Waals surface area (Å²) < 4.78 is 5.84. The van der Waals surface area contributed by atoms with Crippen molar-refractivity contribution in [1.82, 2.24) is 10.2 Å². The normalized spacial score (nSPS) is 11.5. The van der Waals surface area contributed by atoms with Crippen molar-refractivity contribution >= 4 is 11.8 Å². The highest BCUT2D eigenvalue weighted by atomic mass is 16.5. The number of hydrogen-bond donors (Lipinski definition) is 1. The maximum atomic E-state index is 13.6. The first-order valence-electron chi connectivity index (χ1n) is 13.3. The van der Waals surface area contributed by atoms with Crippen LogP contribution >= 0.6 is 0 Å². The number of nitrogens with zero attached hydrogens (tertiary/aromatic N) is 1. The highest BCUT2D eigenvalue weighted by Crippen LogP contribution is 2.18. The van der Waals surface area contributed by atoms with Gasteiger partial charge in [-0.15, -0.1) is 0 Å². The molecule has 0 aliphatic heterocycles. The molecule has 3 aromatic rings. The molecule has 0 aliphatic carbocycles. The third-order valence-corrected chi connectivity index (χ3v) is 6.40. The molecule has 3 aromatic carbocycles. The van der Waals surface area contributed by atoms with Gasteiger partial charge in [0.1, 0.15) is 11.8 Å². The molecule has 0 fully saturated rings. The van der Waals surface area contributed by atoms with Crippen molar-refractivity contribution in [3.63, 3.8) is 0 Å². The molecule has 3 rings (SSSR count). The molecule has 0 aromatic heterocycles. The fourth-order valence-corrected chi connectivity index (χ4v) is 4.14. The lowest BCUT2D eigenvalue weighted by molar-refractivity contribution is -0.141. The standard InChI is InChI=1S/C32H40N2O3/c1-4-5-21-33-32(36)30(23-27-10-7-6-8-11-27)34(24-28-17-13-25(2)14-18-28)31(35)12-9-22-37-29-19-15-26(3)16-20-29/h6-8,10-11,13-20,30H,4-5,9,12,21-24H2,1-3H3,(H,33,36)/t30-/m0/s1. The molecule has 0 radical (unpaired) electrons. The van der Waals surface area contributed by atoms with E-state index in [1.165, 1.54) is 5.56 Å². The second-order valence-corrected chi connectivity index (χ2v) is 9.62. The zero-order valence-corrected chi connectivity index (χ0v) is 22.4.